The molecule has 2 aromatic heterocycles. The Bertz CT molecular complexity index is 1010. The molecule has 3 aromatic rings. The van der Waals surface area contributed by atoms with E-state index in [-0.39, 0.29) is 10.7 Å². The first-order valence-corrected chi connectivity index (χ1v) is 9.70. The van der Waals surface area contributed by atoms with Gasteiger partial charge in [-0.1, -0.05) is 6.07 Å². The first-order valence-electron chi connectivity index (χ1n) is 7.40. The molecule has 0 fully saturated rings. The van der Waals surface area contributed by atoms with Crippen molar-refractivity contribution in [3.05, 3.63) is 64.2 Å². The highest BCUT2D eigenvalue weighted by atomic mass is 32.2. The first-order chi connectivity index (χ1) is 11.8. The maximum atomic E-state index is 12.5. The molecule has 0 aliphatic carbocycles. The summed E-state index contributed by atoms with van der Waals surface area (Å²) >= 11 is 1.43. The fraction of sp³-hybridized carbons (Fsp3) is 0.118. The standard InChI is InChI=1S/C17H16N2O4S2/c1-11-9-16(12(2)24-11)25(21,22)19-14-6-3-5-13(10-14)18-17(20)15-7-4-8-23-15/h3-10,19H,1-2H3,(H,18,20). The molecule has 0 spiro atoms. The van der Waals surface area contributed by atoms with Crippen molar-refractivity contribution in [3.8, 4) is 0 Å². The molecule has 0 aliphatic heterocycles. The number of anilines is 2. The van der Waals surface area contributed by atoms with Gasteiger partial charge in [-0.25, -0.2) is 8.42 Å². The second-order valence-corrected chi connectivity index (χ2v) is 8.51. The fourth-order valence-corrected chi connectivity index (χ4v) is 4.95. The van der Waals surface area contributed by atoms with Crippen molar-refractivity contribution in [2.45, 2.75) is 18.7 Å². The highest BCUT2D eigenvalue weighted by molar-refractivity contribution is 7.93. The normalized spacial score (nSPS) is 11.3. The Morgan fingerprint density at radius 2 is 1.84 bits per heavy atom. The molecule has 2 N–H and O–H groups in total. The van der Waals surface area contributed by atoms with Crippen LogP contribution in [-0.4, -0.2) is 14.3 Å². The monoisotopic (exact) mass is 376 g/mol. The third kappa shape index (κ3) is 3.92. The van der Waals surface area contributed by atoms with Crippen LogP contribution < -0.4 is 10.0 Å². The van der Waals surface area contributed by atoms with Crippen LogP contribution in [0.1, 0.15) is 20.3 Å². The maximum Gasteiger partial charge on any atom is 0.291 e. The van der Waals surface area contributed by atoms with Gasteiger partial charge in [0.15, 0.2) is 5.76 Å². The number of hydrogen-bond donors (Lipinski definition) is 2. The van der Waals surface area contributed by atoms with Crippen LogP contribution >= 0.6 is 11.3 Å². The van der Waals surface area contributed by atoms with Gasteiger partial charge in [0, 0.05) is 15.4 Å². The zero-order valence-electron chi connectivity index (χ0n) is 13.6. The van der Waals surface area contributed by atoms with E-state index in [0.29, 0.717) is 11.4 Å². The van der Waals surface area contributed by atoms with Gasteiger partial charge in [0.25, 0.3) is 15.9 Å². The largest absolute Gasteiger partial charge is 0.459 e. The molecule has 0 aliphatic rings. The van der Waals surface area contributed by atoms with E-state index in [4.69, 9.17) is 4.42 Å². The van der Waals surface area contributed by atoms with Gasteiger partial charge >= 0.3 is 0 Å². The minimum absolute atomic E-state index is 0.176. The van der Waals surface area contributed by atoms with Crippen molar-refractivity contribution in [1.82, 2.24) is 0 Å². The van der Waals surface area contributed by atoms with Crippen LogP contribution in [0.15, 0.2) is 58.0 Å². The molecular weight excluding hydrogens is 360 g/mol. The molecule has 0 saturated heterocycles. The Balaban J connectivity index is 1.80. The van der Waals surface area contributed by atoms with Gasteiger partial charge in [0.2, 0.25) is 0 Å². The summed E-state index contributed by atoms with van der Waals surface area (Å²) in [5.41, 5.74) is 0.820. The van der Waals surface area contributed by atoms with Crippen molar-refractivity contribution in [1.29, 1.82) is 0 Å². The topological polar surface area (TPSA) is 88.4 Å². The number of rotatable bonds is 5. The third-order valence-corrected chi connectivity index (χ3v) is 6.01. The SMILES string of the molecule is Cc1cc(S(=O)(=O)Nc2cccc(NC(=O)c3ccco3)c2)c(C)s1. The van der Waals surface area contributed by atoms with Gasteiger partial charge in [-0.2, -0.15) is 0 Å². The van der Waals surface area contributed by atoms with E-state index in [1.165, 1.54) is 17.6 Å². The molecule has 1 aromatic carbocycles. The summed E-state index contributed by atoms with van der Waals surface area (Å²) in [5.74, 6) is -0.232. The molecular formula is C17H16N2O4S2. The van der Waals surface area contributed by atoms with Gasteiger partial charge in [-0.15, -0.1) is 11.3 Å². The van der Waals surface area contributed by atoms with E-state index in [1.807, 2.05) is 6.92 Å². The molecule has 0 atom stereocenters. The molecule has 8 heteroatoms. The summed E-state index contributed by atoms with van der Waals surface area (Å²) in [6, 6.07) is 11.3. The fourth-order valence-electron chi connectivity index (χ4n) is 2.35. The number of nitrogens with one attached hydrogen (secondary N) is 2. The average molecular weight is 376 g/mol. The van der Waals surface area contributed by atoms with E-state index in [1.54, 1.807) is 49.4 Å². The average Bonchev–Trinajstić information content (AvgIpc) is 3.17. The van der Waals surface area contributed by atoms with Gasteiger partial charge in [0.05, 0.1) is 12.0 Å². The lowest BCUT2D eigenvalue weighted by Crippen LogP contribution is -2.14. The zero-order valence-corrected chi connectivity index (χ0v) is 15.2. The number of hydrogen-bond acceptors (Lipinski definition) is 5. The summed E-state index contributed by atoms with van der Waals surface area (Å²) in [6.07, 6.45) is 1.41. The van der Waals surface area contributed by atoms with E-state index in [2.05, 4.69) is 10.0 Å². The number of benzene rings is 1. The zero-order chi connectivity index (χ0) is 18.0. The van der Waals surface area contributed by atoms with Crippen LogP contribution in [-0.2, 0) is 10.0 Å². The Hall–Kier alpha value is -2.58. The van der Waals surface area contributed by atoms with E-state index < -0.39 is 15.9 Å². The number of amides is 1. The van der Waals surface area contributed by atoms with Crippen LogP contribution in [0, 0.1) is 13.8 Å². The predicted octanol–water partition coefficient (Wildman–Crippen LogP) is 4.01. The van der Waals surface area contributed by atoms with Crippen LogP contribution in [0.2, 0.25) is 0 Å². The van der Waals surface area contributed by atoms with Gasteiger partial charge in [-0.3, -0.25) is 9.52 Å². The second kappa shape index (κ2) is 6.73. The van der Waals surface area contributed by atoms with E-state index in [9.17, 15) is 13.2 Å². The number of sulfonamides is 1. The highest BCUT2D eigenvalue weighted by Crippen LogP contribution is 2.27. The van der Waals surface area contributed by atoms with Crippen molar-refractivity contribution >= 4 is 38.6 Å². The first kappa shape index (κ1) is 17.2. The van der Waals surface area contributed by atoms with Crippen molar-refractivity contribution in [2.24, 2.45) is 0 Å². The Kier molecular flexibility index (Phi) is 4.65. The molecule has 0 radical (unpaired) electrons. The molecule has 2 heterocycles. The lowest BCUT2D eigenvalue weighted by molar-refractivity contribution is 0.0996. The van der Waals surface area contributed by atoms with Crippen molar-refractivity contribution < 1.29 is 17.6 Å². The Morgan fingerprint density at radius 1 is 1.08 bits per heavy atom. The number of carbonyl (C=O) groups excluding carboxylic acids is 1. The van der Waals surface area contributed by atoms with Crippen LogP contribution in [0.25, 0.3) is 0 Å². The molecule has 6 nitrogen and oxygen atoms in total. The number of thiophene rings is 1. The quantitative estimate of drug-likeness (QED) is 0.704. The third-order valence-electron chi connectivity index (χ3n) is 3.40. The number of aryl methyl sites for hydroxylation is 2. The van der Waals surface area contributed by atoms with Crippen molar-refractivity contribution in [2.75, 3.05) is 10.0 Å². The number of carbonyl (C=O) groups is 1. The molecule has 3 rings (SSSR count). The van der Waals surface area contributed by atoms with Gasteiger partial charge in [0.1, 0.15) is 4.90 Å². The summed E-state index contributed by atoms with van der Waals surface area (Å²) in [6.45, 7) is 3.63. The van der Waals surface area contributed by atoms with E-state index >= 15 is 0 Å². The summed E-state index contributed by atoms with van der Waals surface area (Å²) < 4.78 is 32.7. The summed E-state index contributed by atoms with van der Waals surface area (Å²) in [5, 5.41) is 2.66. The van der Waals surface area contributed by atoms with Crippen LogP contribution in [0.4, 0.5) is 11.4 Å². The number of furan rings is 1. The van der Waals surface area contributed by atoms with Crippen LogP contribution in [0.3, 0.4) is 0 Å². The lowest BCUT2D eigenvalue weighted by atomic mass is 10.3. The lowest BCUT2D eigenvalue weighted by Gasteiger charge is -2.10. The van der Waals surface area contributed by atoms with Crippen LogP contribution in [0.5, 0.6) is 0 Å². The maximum absolute atomic E-state index is 12.5. The molecule has 25 heavy (non-hydrogen) atoms. The second-order valence-electron chi connectivity index (χ2n) is 5.40. The molecule has 130 valence electrons. The van der Waals surface area contributed by atoms with Crippen molar-refractivity contribution in [3.63, 3.8) is 0 Å². The Morgan fingerprint density at radius 3 is 2.48 bits per heavy atom. The minimum Gasteiger partial charge on any atom is -0.459 e. The molecule has 0 unspecified atom stereocenters. The molecule has 0 bridgehead atoms. The minimum atomic E-state index is -3.68. The molecule has 1 amide bonds. The van der Waals surface area contributed by atoms with Gasteiger partial charge < -0.3 is 9.73 Å². The molecule has 0 saturated carbocycles. The van der Waals surface area contributed by atoms with Gasteiger partial charge in [-0.05, 0) is 50.2 Å². The van der Waals surface area contributed by atoms with E-state index in [0.717, 1.165) is 9.75 Å². The predicted molar refractivity (Wildman–Crippen MR) is 97.7 cm³/mol. The smallest absolute Gasteiger partial charge is 0.291 e. The Labute approximate surface area is 149 Å². The highest BCUT2D eigenvalue weighted by Gasteiger charge is 2.19. The summed E-state index contributed by atoms with van der Waals surface area (Å²) in [4.78, 5) is 13.9. The summed E-state index contributed by atoms with van der Waals surface area (Å²) in [7, 11) is -3.68.